The molecule has 3 rings (SSSR count). The van der Waals surface area contributed by atoms with Crippen LogP contribution in [0.5, 0.6) is 0 Å². The van der Waals surface area contributed by atoms with Gasteiger partial charge in [-0.1, -0.05) is 0 Å². The summed E-state index contributed by atoms with van der Waals surface area (Å²) in [4.78, 5) is 0. The monoisotopic (exact) mass is 414 g/mol. The van der Waals surface area contributed by atoms with Gasteiger partial charge in [-0.3, -0.25) is 0 Å². The van der Waals surface area contributed by atoms with Crippen molar-refractivity contribution in [3.05, 3.63) is 0 Å². The third kappa shape index (κ3) is 4.04. The average Bonchev–Trinajstić information content (AvgIpc) is 3.25. The Hall–Kier alpha value is -0.520. The third-order valence-electron chi connectivity index (χ3n) is 5.05. The molecule has 13 nitrogen and oxygen atoms in total. The van der Waals surface area contributed by atoms with Gasteiger partial charge in [0.05, 0.1) is 19.8 Å². The summed E-state index contributed by atoms with van der Waals surface area (Å²) < 4.78 is 26.6. The molecule has 0 radical (unpaired) electrons. The summed E-state index contributed by atoms with van der Waals surface area (Å²) in [5.41, 5.74) is 0. The summed E-state index contributed by atoms with van der Waals surface area (Å²) >= 11 is 0. The molecule has 12 atom stereocenters. The molecule has 3 saturated heterocycles. The predicted molar refractivity (Wildman–Crippen MR) is 83.2 cm³/mol. The molecule has 164 valence electrons. The lowest BCUT2D eigenvalue weighted by molar-refractivity contribution is -0.259. The van der Waals surface area contributed by atoms with Crippen LogP contribution < -0.4 is 0 Å². The van der Waals surface area contributed by atoms with E-state index in [9.17, 15) is 30.6 Å². The Labute approximate surface area is 159 Å². The minimum atomic E-state index is -1.62. The minimum absolute atomic E-state index is 0.576. The second-order valence-electron chi connectivity index (χ2n) is 6.86. The molecule has 3 fully saturated rings. The van der Waals surface area contributed by atoms with Crippen LogP contribution in [0.3, 0.4) is 0 Å². The zero-order chi connectivity index (χ0) is 20.6. The van der Waals surface area contributed by atoms with Gasteiger partial charge < -0.3 is 64.5 Å². The van der Waals surface area contributed by atoms with Crippen molar-refractivity contribution >= 4 is 0 Å². The molecule has 0 aromatic carbocycles. The summed E-state index contributed by atoms with van der Waals surface area (Å²) in [5, 5.41) is 77.5. The second kappa shape index (κ2) is 9.09. The molecule has 0 aliphatic carbocycles. The molecule has 28 heavy (non-hydrogen) atoms. The van der Waals surface area contributed by atoms with Gasteiger partial charge >= 0.3 is 0 Å². The van der Waals surface area contributed by atoms with E-state index in [0.717, 1.165) is 0 Å². The van der Waals surface area contributed by atoms with E-state index in [2.05, 4.69) is 0 Å². The Morgan fingerprint density at radius 3 is 1.36 bits per heavy atom. The number of aliphatic hydroxyl groups excluding tert-OH is 8. The first-order valence-electron chi connectivity index (χ1n) is 8.82. The van der Waals surface area contributed by atoms with Gasteiger partial charge in [0.2, 0.25) is 0 Å². The van der Waals surface area contributed by atoms with Crippen molar-refractivity contribution in [2.45, 2.75) is 73.8 Å². The van der Waals surface area contributed by atoms with Crippen LogP contribution in [0.25, 0.3) is 0 Å². The number of rotatable bonds is 7. The molecule has 0 unspecified atom stereocenters. The van der Waals surface area contributed by atoms with Gasteiger partial charge in [0.25, 0.3) is 0 Å². The molecule has 13 heteroatoms. The maximum Gasteiger partial charge on any atom is 0.187 e. The van der Waals surface area contributed by atoms with Crippen molar-refractivity contribution in [2.75, 3.05) is 19.8 Å². The molecule has 0 aromatic heterocycles. The normalized spacial score (nSPS) is 51.9. The van der Waals surface area contributed by atoms with E-state index in [0.29, 0.717) is 0 Å². The van der Waals surface area contributed by atoms with E-state index in [1.807, 2.05) is 0 Å². The van der Waals surface area contributed by atoms with Crippen LogP contribution in [-0.4, -0.2) is 134 Å². The summed E-state index contributed by atoms with van der Waals surface area (Å²) in [6.07, 6.45) is -16.3. The fourth-order valence-corrected chi connectivity index (χ4v) is 3.43. The van der Waals surface area contributed by atoms with Crippen molar-refractivity contribution in [2.24, 2.45) is 0 Å². The van der Waals surface area contributed by atoms with E-state index in [4.69, 9.17) is 33.9 Å². The molecule has 8 N–H and O–H groups in total. The van der Waals surface area contributed by atoms with E-state index >= 15 is 0 Å². The molecule has 0 aromatic rings. The van der Waals surface area contributed by atoms with Crippen molar-refractivity contribution in [1.82, 2.24) is 0 Å². The fraction of sp³-hybridized carbons (Fsp3) is 1.00. The van der Waals surface area contributed by atoms with Crippen LogP contribution >= 0.6 is 0 Å². The quantitative estimate of drug-likeness (QED) is 0.196. The summed E-state index contributed by atoms with van der Waals surface area (Å²) in [5.74, 6) is 0. The first kappa shape index (κ1) is 22.2. The maximum absolute atomic E-state index is 10.1. The lowest BCUT2D eigenvalue weighted by Gasteiger charge is -2.29. The lowest BCUT2D eigenvalue weighted by Crippen LogP contribution is -2.47. The highest BCUT2D eigenvalue weighted by Gasteiger charge is 2.53. The Bertz CT molecular complexity index is 508. The largest absolute Gasteiger partial charge is 0.394 e. The highest BCUT2D eigenvalue weighted by atomic mass is 16.8. The van der Waals surface area contributed by atoms with Crippen LogP contribution in [-0.2, 0) is 23.7 Å². The topological polar surface area (TPSA) is 208 Å². The van der Waals surface area contributed by atoms with Gasteiger partial charge in [0, 0.05) is 0 Å². The first-order valence-corrected chi connectivity index (χ1v) is 8.82. The van der Waals surface area contributed by atoms with Crippen molar-refractivity contribution < 1.29 is 64.5 Å². The van der Waals surface area contributed by atoms with Gasteiger partial charge in [-0.05, 0) is 0 Å². The van der Waals surface area contributed by atoms with Gasteiger partial charge in [0.15, 0.2) is 18.9 Å². The number of ether oxygens (including phenoxy) is 5. The van der Waals surface area contributed by atoms with Gasteiger partial charge in [-0.25, -0.2) is 0 Å². The van der Waals surface area contributed by atoms with E-state index in [-0.39, 0.29) is 0 Å². The number of hydrogen-bond acceptors (Lipinski definition) is 13. The van der Waals surface area contributed by atoms with E-state index < -0.39 is 93.6 Å². The van der Waals surface area contributed by atoms with Crippen LogP contribution in [0.4, 0.5) is 0 Å². The van der Waals surface area contributed by atoms with E-state index in [1.54, 1.807) is 0 Å². The highest BCUT2D eigenvalue weighted by molar-refractivity contribution is 4.94. The van der Waals surface area contributed by atoms with Crippen molar-refractivity contribution in [1.29, 1.82) is 0 Å². The summed E-state index contributed by atoms with van der Waals surface area (Å²) in [7, 11) is 0. The molecule has 0 spiro atoms. The number of hydrogen-bond donors (Lipinski definition) is 8. The van der Waals surface area contributed by atoms with Crippen molar-refractivity contribution in [3.63, 3.8) is 0 Å². The van der Waals surface area contributed by atoms with Crippen LogP contribution in [0.1, 0.15) is 0 Å². The second-order valence-corrected chi connectivity index (χ2v) is 6.86. The average molecular weight is 414 g/mol. The van der Waals surface area contributed by atoms with Gasteiger partial charge in [-0.2, -0.15) is 0 Å². The third-order valence-corrected chi connectivity index (χ3v) is 5.05. The Morgan fingerprint density at radius 2 is 0.964 bits per heavy atom. The Kier molecular flexibility index (Phi) is 7.20. The molecule has 3 heterocycles. The predicted octanol–water partition coefficient (Wildman–Crippen LogP) is -5.66. The molecular weight excluding hydrogens is 388 g/mol. The van der Waals surface area contributed by atoms with Crippen molar-refractivity contribution in [3.8, 4) is 0 Å². The standard InChI is InChI=1S/C15H26O13/c16-1-4-7(19)9(21)14(25-4)27-11-6(3-18)24-13(23)12(11)28-15-10(22)8(20)5(2-17)26-15/h4-23H,1-3H2/t4-,5-,6-,7-,8-,9+,10+,11-,12+,13+,14-,15+/m1/s1. The van der Waals surface area contributed by atoms with E-state index in [1.165, 1.54) is 0 Å². The molecule has 0 amide bonds. The minimum Gasteiger partial charge on any atom is -0.394 e. The number of aliphatic hydroxyl groups is 8. The lowest BCUT2D eigenvalue weighted by atomic mass is 10.1. The molecule has 3 aliphatic heterocycles. The molecule has 3 aliphatic rings. The fourth-order valence-electron chi connectivity index (χ4n) is 3.43. The zero-order valence-corrected chi connectivity index (χ0v) is 14.7. The smallest absolute Gasteiger partial charge is 0.187 e. The SMILES string of the molecule is OC[C@H]1O[C@@H](O[C@H]2[C@H](O[C@H]3O[C@H](CO)[C@@H](O)[C@@H]3O)[C@@H](CO)O[C@@H]2O)[C@@H](O)[C@@H]1O. The van der Waals surface area contributed by atoms with Gasteiger partial charge in [0.1, 0.15) is 54.9 Å². The maximum atomic E-state index is 10.1. The molecule has 0 bridgehead atoms. The highest BCUT2D eigenvalue weighted by Crippen LogP contribution is 2.33. The molecular formula is C15H26O13. The first-order chi connectivity index (χ1) is 13.3. The van der Waals surface area contributed by atoms with Crippen LogP contribution in [0.15, 0.2) is 0 Å². The van der Waals surface area contributed by atoms with Crippen LogP contribution in [0, 0.1) is 0 Å². The summed E-state index contributed by atoms with van der Waals surface area (Å²) in [6, 6.07) is 0. The molecule has 0 saturated carbocycles. The van der Waals surface area contributed by atoms with Crippen LogP contribution in [0.2, 0.25) is 0 Å². The Balaban J connectivity index is 1.70. The Morgan fingerprint density at radius 1 is 0.536 bits per heavy atom. The zero-order valence-electron chi connectivity index (χ0n) is 14.7. The summed E-state index contributed by atoms with van der Waals surface area (Å²) in [6.45, 7) is -1.76. The van der Waals surface area contributed by atoms with Gasteiger partial charge in [-0.15, -0.1) is 0 Å².